The fourth-order valence-electron chi connectivity index (χ4n) is 2.87. The van der Waals surface area contributed by atoms with Crippen LogP contribution < -0.4 is 5.56 Å². The van der Waals surface area contributed by atoms with E-state index < -0.39 is 0 Å². The number of thioether (sulfide) groups is 1. The first-order valence-electron chi connectivity index (χ1n) is 8.93. The maximum Gasteiger partial charge on any atom is 0.267 e. The molecule has 0 unspecified atom stereocenters. The van der Waals surface area contributed by atoms with Gasteiger partial charge in [-0.15, -0.1) is 0 Å². The summed E-state index contributed by atoms with van der Waals surface area (Å²) in [5.74, 6) is 1.44. The van der Waals surface area contributed by atoms with Crippen LogP contribution in [0.5, 0.6) is 0 Å². The van der Waals surface area contributed by atoms with E-state index in [1.165, 1.54) is 11.8 Å². The number of hydrogen-bond acceptors (Lipinski definition) is 5. The van der Waals surface area contributed by atoms with Gasteiger partial charge < -0.3 is 4.42 Å². The van der Waals surface area contributed by atoms with Gasteiger partial charge in [-0.2, -0.15) is 0 Å². The third-order valence-corrected chi connectivity index (χ3v) is 5.33. The Morgan fingerprint density at radius 1 is 1.14 bits per heavy atom. The van der Waals surface area contributed by atoms with Crippen LogP contribution in [0.25, 0.3) is 5.65 Å². The summed E-state index contributed by atoms with van der Waals surface area (Å²) in [6, 6.07) is 17.5. The second-order valence-corrected chi connectivity index (χ2v) is 7.31. The maximum atomic E-state index is 13.1. The minimum Gasteiger partial charge on any atom is -0.468 e. The lowest BCUT2D eigenvalue weighted by Crippen LogP contribution is -2.21. The van der Waals surface area contributed by atoms with E-state index in [9.17, 15) is 4.79 Å². The summed E-state index contributed by atoms with van der Waals surface area (Å²) in [5, 5.41) is 0.660. The molecule has 140 valence electrons. The molecule has 0 bridgehead atoms. The number of aliphatic imine (C=N–C) groups is 1. The lowest BCUT2D eigenvalue weighted by molar-refractivity contribution is 0.530. The molecule has 1 aromatic carbocycles. The summed E-state index contributed by atoms with van der Waals surface area (Å²) in [6.45, 7) is 2.46. The highest BCUT2D eigenvalue weighted by Crippen LogP contribution is 2.24. The molecule has 3 heterocycles. The number of furan rings is 1. The molecule has 0 fully saturated rings. The number of benzene rings is 1. The van der Waals surface area contributed by atoms with E-state index in [-0.39, 0.29) is 5.56 Å². The van der Waals surface area contributed by atoms with E-state index in [4.69, 9.17) is 9.40 Å². The van der Waals surface area contributed by atoms with Crippen LogP contribution in [-0.2, 0) is 12.3 Å². The van der Waals surface area contributed by atoms with E-state index in [1.54, 1.807) is 23.1 Å². The van der Waals surface area contributed by atoms with Gasteiger partial charge in [-0.25, -0.2) is 4.98 Å². The van der Waals surface area contributed by atoms with Crippen molar-refractivity contribution < 1.29 is 4.42 Å². The van der Waals surface area contributed by atoms with Gasteiger partial charge in [-0.3, -0.25) is 14.2 Å². The fraction of sp³-hybridized carbons (Fsp3) is 0.136. The standard InChI is InChI=1S/C22H19N3O2S/c1-16-7-5-11-25-20(16)24-21(28-15-18-10-6-12-27-18)19(22(25)26)14-23-13-17-8-3-2-4-9-17/h2-12,14H,13,15H2,1H3. The Balaban J connectivity index is 1.72. The second kappa shape index (κ2) is 8.27. The molecule has 0 N–H and O–H groups in total. The normalized spacial score (nSPS) is 11.5. The van der Waals surface area contributed by atoms with Crippen LogP contribution in [0.3, 0.4) is 0 Å². The second-order valence-electron chi connectivity index (χ2n) is 6.34. The summed E-state index contributed by atoms with van der Waals surface area (Å²) in [5.41, 5.74) is 3.08. The van der Waals surface area contributed by atoms with Gasteiger partial charge >= 0.3 is 0 Å². The molecule has 4 rings (SSSR count). The van der Waals surface area contributed by atoms with Crippen LogP contribution >= 0.6 is 11.8 Å². The number of fused-ring (bicyclic) bond motifs is 1. The average molecular weight is 389 g/mol. The van der Waals surface area contributed by atoms with Crippen molar-refractivity contribution >= 4 is 23.6 Å². The van der Waals surface area contributed by atoms with Crippen molar-refractivity contribution in [2.45, 2.75) is 24.2 Å². The summed E-state index contributed by atoms with van der Waals surface area (Å²) in [6.07, 6.45) is 5.03. The molecule has 0 aliphatic heterocycles. The Kier molecular flexibility index (Phi) is 5.39. The number of nitrogens with zero attached hydrogens (tertiary/aromatic N) is 3. The minimum atomic E-state index is -0.118. The monoisotopic (exact) mass is 389 g/mol. The molecule has 0 amide bonds. The first kappa shape index (κ1) is 18.3. The van der Waals surface area contributed by atoms with Crippen molar-refractivity contribution in [1.29, 1.82) is 0 Å². The van der Waals surface area contributed by atoms with Crippen molar-refractivity contribution in [2.24, 2.45) is 4.99 Å². The van der Waals surface area contributed by atoms with Gasteiger partial charge in [0.05, 0.1) is 24.1 Å². The number of pyridine rings is 1. The lowest BCUT2D eigenvalue weighted by atomic mass is 10.2. The molecule has 0 radical (unpaired) electrons. The number of hydrogen-bond donors (Lipinski definition) is 0. The van der Waals surface area contributed by atoms with Gasteiger partial charge in [0, 0.05) is 12.4 Å². The van der Waals surface area contributed by atoms with Gasteiger partial charge in [0.1, 0.15) is 16.4 Å². The Hall–Kier alpha value is -3.12. The third kappa shape index (κ3) is 3.92. The van der Waals surface area contributed by atoms with E-state index in [1.807, 2.05) is 61.5 Å². The van der Waals surface area contributed by atoms with Crippen molar-refractivity contribution in [2.75, 3.05) is 0 Å². The molecule has 0 atom stereocenters. The van der Waals surface area contributed by atoms with E-state index in [0.717, 1.165) is 16.9 Å². The summed E-state index contributed by atoms with van der Waals surface area (Å²) >= 11 is 1.48. The SMILES string of the molecule is Cc1cccn2c(=O)c(C=NCc3ccccc3)c(SCc3ccco3)nc12. The Morgan fingerprint density at radius 2 is 2.00 bits per heavy atom. The summed E-state index contributed by atoms with van der Waals surface area (Å²) in [4.78, 5) is 22.3. The quantitative estimate of drug-likeness (QED) is 0.277. The summed E-state index contributed by atoms with van der Waals surface area (Å²) < 4.78 is 6.99. The van der Waals surface area contributed by atoms with Crippen molar-refractivity contribution in [3.8, 4) is 0 Å². The predicted molar refractivity (Wildman–Crippen MR) is 112 cm³/mol. The van der Waals surface area contributed by atoms with Crippen LogP contribution in [0.1, 0.15) is 22.5 Å². The molecular weight excluding hydrogens is 370 g/mol. The molecule has 5 nitrogen and oxygen atoms in total. The van der Waals surface area contributed by atoms with E-state index >= 15 is 0 Å². The third-order valence-electron chi connectivity index (χ3n) is 4.32. The number of aromatic nitrogens is 2. The predicted octanol–water partition coefficient (Wildman–Crippen LogP) is 4.51. The van der Waals surface area contributed by atoms with Crippen molar-refractivity contribution in [3.63, 3.8) is 0 Å². The highest BCUT2D eigenvalue weighted by Gasteiger charge is 2.13. The molecule has 6 heteroatoms. The molecule has 0 spiro atoms. The van der Waals surface area contributed by atoms with Crippen LogP contribution in [-0.4, -0.2) is 15.6 Å². The smallest absolute Gasteiger partial charge is 0.267 e. The first-order valence-corrected chi connectivity index (χ1v) is 9.92. The topological polar surface area (TPSA) is 59.9 Å². The van der Waals surface area contributed by atoms with Crippen LogP contribution in [0.4, 0.5) is 0 Å². The summed E-state index contributed by atoms with van der Waals surface area (Å²) in [7, 11) is 0. The number of rotatable bonds is 6. The highest BCUT2D eigenvalue weighted by molar-refractivity contribution is 7.98. The van der Waals surface area contributed by atoms with Crippen molar-refractivity contribution in [3.05, 3.63) is 99.9 Å². The highest BCUT2D eigenvalue weighted by atomic mass is 32.2. The van der Waals surface area contributed by atoms with Crippen LogP contribution in [0.2, 0.25) is 0 Å². The molecule has 4 aromatic rings. The molecule has 0 saturated carbocycles. The maximum absolute atomic E-state index is 13.1. The van der Waals surface area contributed by atoms with Crippen LogP contribution in [0.15, 0.2) is 86.3 Å². The molecule has 0 aliphatic rings. The van der Waals surface area contributed by atoms with Gasteiger partial charge in [0.25, 0.3) is 5.56 Å². The van der Waals surface area contributed by atoms with Gasteiger partial charge in [0.15, 0.2) is 0 Å². The zero-order chi connectivity index (χ0) is 19.3. The lowest BCUT2D eigenvalue weighted by Gasteiger charge is -2.09. The van der Waals surface area contributed by atoms with Crippen molar-refractivity contribution in [1.82, 2.24) is 9.38 Å². The zero-order valence-electron chi connectivity index (χ0n) is 15.4. The van der Waals surface area contributed by atoms with E-state index in [2.05, 4.69) is 4.99 Å². The van der Waals surface area contributed by atoms with Gasteiger partial charge in [-0.05, 0) is 36.2 Å². The van der Waals surface area contributed by atoms with Gasteiger partial charge in [-0.1, -0.05) is 48.2 Å². The largest absolute Gasteiger partial charge is 0.468 e. The van der Waals surface area contributed by atoms with Gasteiger partial charge in [0.2, 0.25) is 0 Å². The first-order chi connectivity index (χ1) is 13.7. The average Bonchev–Trinajstić information content (AvgIpc) is 3.23. The molecule has 0 saturated heterocycles. The zero-order valence-corrected chi connectivity index (χ0v) is 16.2. The number of aryl methyl sites for hydroxylation is 1. The Bertz CT molecular complexity index is 1170. The Labute approximate surface area is 166 Å². The molecule has 28 heavy (non-hydrogen) atoms. The molecular formula is C22H19N3O2S. The minimum absolute atomic E-state index is 0.118. The van der Waals surface area contributed by atoms with E-state index in [0.29, 0.717) is 28.5 Å². The fourth-order valence-corrected chi connectivity index (χ4v) is 3.76. The molecule has 3 aromatic heterocycles. The van der Waals surface area contributed by atoms with Crippen LogP contribution in [0, 0.1) is 6.92 Å². The molecule has 0 aliphatic carbocycles. The Morgan fingerprint density at radius 3 is 2.79 bits per heavy atom.